The van der Waals surface area contributed by atoms with Crippen LogP contribution in [0.5, 0.6) is 0 Å². The molecular weight excluding hydrogens is 747 g/mol. The van der Waals surface area contributed by atoms with Gasteiger partial charge in [-0.25, -0.2) is 4.79 Å². The van der Waals surface area contributed by atoms with Crippen molar-refractivity contribution >= 4 is 36.4 Å². The number of hydrogen-bond donors (Lipinski definition) is 4. The van der Waals surface area contributed by atoms with Crippen LogP contribution in [-0.2, 0) is 21.4 Å². The second-order valence-electron chi connectivity index (χ2n) is 16.4. The average molecular weight is 804 g/mol. The van der Waals surface area contributed by atoms with Crippen LogP contribution < -0.4 is 26.3 Å². The second kappa shape index (κ2) is 19.3. The van der Waals surface area contributed by atoms with Gasteiger partial charge in [-0.1, -0.05) is 184 Å². The Morgan fingerprint density at radius 1 is 0.661 bits per heavy atom. The third kappa shape index (κ3) is 9.91. The second-order valence-corrected chi connectivity index (χ2v) is 20.7. The number of aryl methyl sites for hydroxylation is 2. The summed E-state index contributed by atoms with van der Waals surface area (Å²) >= 11 is 0. The Morgan fingerprint density at radius 2 is 1.17 bits per heavy atom. The molecule has 0 saturated heterocycles. The van der Waals surface area contributed by atoms with Crippen LogP contribution in [0.15, 0.2) is 164 Å². The summed E-state index contributed by atoms with van der Waals surface area (Å²) in [4.78, 5) is 25.6. The van der Waals surface area contributed by atoms with Gasteiger partial charge in [0, 0.05) is 5.69 Å². The van der Waals surface area contributed by atoms with Crippen LogP contribution in [0.1, 0.15) is 73.4 Å². The lowest BCUT2D eigenvalue weighted by molar-refractivity contribution is -0.118. The maximum Gasteiger partial charge on any atom is 0.405 e. The molecule has 0 aliphatic rings. The largest absolute Gasteiger partial charge is 0.465 e. The minimum atomic E-state index is -2.74. The topological polar surface area (TPSA) is 99.7 Å². The molecule has 0 fully saturated rings. The van der Waals surface area contributed by atoms with Crippen molar-refractivity contribution < 1.29 is 19.1 Å². The molecule has 6 aromatic carbocycles. The Hall–Kier alpha value is -5.80. The molecule has 59 heavy (non-hydrogen) atoms. The number of nitrogens with one attached hydrogen (secondary N) is 3. The Kier molecular flexibility index (Phi) is 14.0. The molecule has 0 unspecified atom stereocenters. The van der Waals surface area contributed by atoms with Crippen molar-refractivity contribution in [2.75, 3.05) is 11.9 Å². The first kappa shape index (κ1) is 42.8. The van der Waals surface area contributed by atoms with Crippen molar-refractivity contribution in [1.82, 2.24) is 10.6 Å². The van der Waals surface area contributed by atoms with E-state index in [-0.39, 0.29) is 10.9 Å². The fourth-order valence-electron chi connectivity index (χ4n) is 8.28. The van der Waals surface area contributed by atoms with Gasteiger partial charge in [0.15, 0.2) is 0 Å². The number of carbonyl (C=O) groups is 2. The molecule has 6 aromatic rings. The molecule has 0 saturated carbocycles. The molecule has 8 heteroatoms. The van der Waals surface area contributed by atoms with Crippen LogP contribution in [0.4, 0.5) is 10.5 Å². The van der Waals surface area contributed by atoms with E-state index in [1.807, 2.05) is 49.4 Å². The number of rotatable bonds is 17. The zero-order valence-corrected chi connectivity index (χ0v) is 35.9. The fourth-order valence-corrected chi connectivity index (χ4v) is 12.8. The fraction of sp³-hybridized carbons (Fsp3) is 0.255. The first-order valence-corrected chi connectivity index (χ1v) is 22.4. The molecule has 0 radical (unpaired) electrons. The highest BCUT2D eigenvalue weighted by molar-refractivity contribution is 6.99. The van der Waals surface area contributed by atoms with E-state index in [0.717, 1.165) is 34.2 Å². The monoisotopic (exact) mass is 803 g/mol. The standard InChI is InChI=1S/C51H57N3O4Si/c1-38-29-32-43(33-30-38)51(41-20-10-6-11-21-41,42-22-12-7-13-23-42)52-35-19-18-28-47(54-49(56)57)48(55)53-46-34-31-40(36-39(46)2)37-58-59(50(3,4)5,44-24-14-8-15-25-44)45-26-16-9-17-27-45/h6-17,20-27,29-34,36,47,52,54H,18-19,28,35,37H2,1-5H3,(H,53,55)(H,56,57)/t47-/m0/s1. The molecule has 0 aliphatic heterocycles. The van der Waals surface area contributed by atoms with Gasteiger partial charge in [-0.3, -0.25) is 10.1 Å². The number of amides is 2. The molecule has 304 valence electrons. The van der Waals surface area contributed by atoms with Crippen molar-refractivity contribution in [2.24, 2.45) is 0 Å². The number of carbonyl (C=O) groups excluding carboxylic acids is 1. The molecule has 0 aliphatic carbocycles. The highest BCUT2D eigenvalue weighted by Crippen LogP contribution is 2.38. The highest BCUT2D eigenvalue weighted by atomic mass is 28.4. The van der Waals surface area contributed by atoms with E-state index >= 15 is 0 Å². The quantitative estimate of drug-likeness (QED) is 0.0418. The summed E-state index contributed by atoms with van der Waals surface area (Å²) in [5, 5.41) is 21.4. The number of benzene rings is 6. The summed E-state index contributed by atoms with van der Waals surface area (Å²) in [7, 11) is -2.74. The molecule has 2 amide bonds. The summed E-state index contributed by atoms with van der Waals surface area (Å²) in [5.74, 6) is -0.387. The van der Waals surface area contributed by atoms with Gasteiger partial charge in [-0.2, -0.15) is 0 Å². The molecule has 1 atom stereocenters. The van der Waals surface area contributed by atoms with E-state index in [4.69, 9.17) is 4.43 Å². The van der Waals surface area contributed by atoms with Crippen molar-refractivity contribution in [3.05, 3.63) is 197 Å². The highest BCUT2D eigenvalue weighted by Gasteiger charge is 2.50. The molecule has 0 spiro atoms. The maximum absolute atomic E-state index is 13.7. The molecule has 7 nitrogen and oxygen atoms in total. The summed E-state index contributed by atoms with van der Waals surface area (Å²) in [6.07, 6.45) is 0.452. The predicted molar refractivity (Wildman–Crippen MR) is 243 cm³/mol. The zero-order chi connectivity index (χ0) is 41.9. The molecular formula is C51H57N3O4Si. The smallest absolute Gasteiger partial charge is 0.405 e. The Morgan fingerprint density at radius 3 is 1.66 bits per heavy atom. The van der Waals surface area contributed by atoms with Crippen molar-refractivity contribution in [1.29, 1.82) is 0 Å². The van der Waals surface area contributed by atoms with Gasteiger partial charge in [-0.15, -0.1) is 0 Å². The summed E-state index contributed by atoms with van der Waals surface area (Å²) in [6.45, 7) is 11.9. The van der Waals surface area contributed by atoms with Crippen molar-refractivity contribution in [3.63, 3.8) is 0 Å². The van der Waals surface area contributed by atoms with E-state index in [1.54, 1.807) is 0 Å². The van der Waals surface area contributed by atoms with Crippen LogP contribution in [0, 0.1) is 13.8 Å². The number of carboxylic acid groups (broad SMARTS) is 1. The third-order valence-corrected chi connectivity index (χ3v) is 16.2. The zero-order valence-electron chi connectivity index (χ0n) is 34.9. The lowest BCUT2D eigenvalue weighted by Crippen LogP contribution is -2.66. The molecule has 0 bridgehead atoms. The van der Waals surface area contributed by atoms with E-state index in [9.17, 15) is 14.7 Å². The van der Waals surface area contributed by atoms with Crippen LogP contribution in [-0.4, -0.2) is 38.0 Å². The van der Waals surface area contributed by atoms with Crippen LogP contribution in [0.25, 0.3) is 0 Å². The van der Waals surface area contributed by atoms with Gasteiger partial charge in [0.05, 0.1) is 12.1 Å². The van der Waals surface area contributed by atoms with Crippen molar-refractivity contribution in [3.8, 4) is 0 Å². The van der Waals surface area contributed by atoms with E-state index in [2.05, 4.69) is 165 Å². The van der Waals surface area contributed by atoms with Crippen LogP contribution >= 0.6 is 0 Å². The molecule has 0 aromatic heterocycles. The van der Waals surface area contributed by atoms with Gasteiger partial charge in [0.25, 0.3) is 8.32 Å². The van der Waals surface area contributed by atoms with Gasteiger partial charge >= 0.3 is 6.09 Å². The molecule has 6 rings (SSSR count). The number of unbranched alkanes of at least 4 members (excludes halogenated alkanes) is 1. The van der Waals surface area contributed by atoms with Gasteiger partial charge in [-0.05, 0) is 89.0 Å². The SMILES string of the molecule is Cc1ccc(C(NCCCC[C@H](NC(=O)O)C(=O)Nc2ccc(CO[Si](c3ccccc3)(c3ccccc3)C(C)(C)C)cc2C)(c2ccccc2)c2ccccc2)cc1. The minimum Gasteiger partial charge on any atom is -0.465 e. The summed E-state index contributed by atoms with van der Waals surface area (Å²) < 4.78 is 7.15. The number of hydrogen-bond acceptors (Lipinski definition) is 4. The Balaban J connectivity index is 1.13. The Labute approximate surface area is 351 Å². The first-order chi connectivity index (χ1) is 28.4. The predicted octanol–water partition coefficient (Wildman–Crippen LogP) is 9.71. The molecule has 0 heterocycles. The normalized spacial score (nSPS) is 12.4. The lowest BCUT2D eigenvalue weighted by Gasteiger charge is -2.43. The Bertz CT molecular complexity index is 2180. The lowest BCUT2D eigenvalue weighted by atomic mass is 9.76. The maximum atomic E-state index is 13.7. The van der Waals surface area contributed by atoms with E-state index in [1.165, 1.54) is 15.9 Å². The first-order valence-electron chi connectivity index (χ1n) is 20.5. The van der Waals surface area contributed by atoms with Gasteiger partial charge in [0.1, 0.15) is 6.04 Å². The van der Waals surface area contributed by atoms with E-state index < -0.39 is 26.0 Å². The van der Waals surface area contributed by atoms with Crippen LogP contribution in [0.3, 0.4) is 0 Å². The third-order valence-electron chi connectivity index (χ3n) is 11.2. The van der Waals surface area contributed by atoms with E-state index in [0.29, 0.717) is 31.7 Å². The summed E-state index contributed by atoms with van der Waals surface area (Å²) in [5.41, 5.74) is 6.44. The van der Waals surface area contributed by atoms with Crippen LogP contribution in [0.2, 0.25) is 5.04 Å². The molecule has 4 N–H and O–H groups in total. The minimum absolute atomic E-state index is 0.158. The van der Waals surface area contributed by atoms with Gasteiger partial charge < -0.3 is 20.2 Å². The number of anilines is 1. The summed E-state index contributed by atoms with van der Waals surface area (Å²) in [6, 6.07) is 55.6. The van der Waals surface area contributed by atoms with Crippen molar-refractivity contribution in [2.45, 2.75) is 77.1 Å². The van der Waals surface area contributed by atoms with Gasteiger partial charge in [0.2, 0.25) is 5.91 Å². The average Bonchev–Trinajstić information content (AvgIpc) is 3.24.